The third-order valence-electron chi connectivity index (χ3n) is 2.06. The summed E-state index contributed by atoms with van der Waals surface area (Å²) in [7, 11) is -1.87. The van der Waals surface area contributed by atoms with E-state index in [9.17, 15) is 8.42 Å². The average Bonchev–Trinajstić information content (AvgIpc) is 2.13. The number of hydrogen-bond acceptors (Lipinski definition) is 4. The first kappa shape index (κ1) is 15.8. The minimum Gasteiger partial charge on any atom is -0.395 e. The molecule has 6 heteroatoms. The van der Waals surface area contributed by atoms with Crippen molar-refractivity contribution in [2.24, 2.45) is 5.41 Å². The van der Waals surface area contributed by atoms with Crippen molar-refractivity contribution in [1.29, 1.82) is 0 Å². The lowest BCUT2D eigenvalue weighted by molar-refractivity contribution is 0.139. The summed E-state index contributed by atoms with van der Waals surface area (Å²) in [5.74, 6) is 0.0662. The SMILES string of the molecule is COCC(CO)NS(=O)(=O)CCC(C)(C)C. The van der Waals surface area contributed by atoms with Gasteiger partial charge in [0.1, 0.15) is 0 Å². The third kappa shape index (κ3) is 8.04. The fourth-order valence-electron chi connectivity index (χ4n) is 1.08. The van der Waals surface area contributed by atoms with E-state index in [-0.39, 0.29) is 24.4 Å². The van der Waals surface area contributed by atoms with E-state index < -0.39 is 16.1 Å². The monoisotopic (exact) mass is 253 g/mol. The minimum atomic E-state index is -3.34. The van der Waals surface area contributed by atoms with E-state index in [0.717, 1.165) is 0 Å². The Balaban J connectivity index is 4.23. The molecule has 0 spiro atoms. The van der Waals surface area contributed by atoms with Gasteiger partial charge in [0.15, 0.2) is 0 Å². The normalized spacial score (nSPS) is 15.1. The van der Waals surface area contributed by atoms with Crippen LogP contribution in [0.2, 0.25) is 0 Å². The predicted molar refractivity (Wildman–Crippen MR) is 63.7 cm³/mol. The van der Waals surface area contributed by atoms with E-state index in [2.05, 4.69) is 4.72 Å². The Morgan fingerprint density at radius 1 is 1.38 bits per heavy atom. The van der Waals surface area contributed by atoms with Gasteiger partial charge in [-0.2, -0.15) is 0 Å². The summed E-state index contributed by atoms with van der Waals surface area (Å²) in [6.45, 7) is 5.87. The van der Waals surface area contributed by atoms with Crippen molar-refractivity contribution < 1.29 is 18.3 Å². The van der Waals surface area contributed by atoms with Crippen LogP contribution in [-0.4, -0.2) is 45.6 Å². The van der Waals surface area contributed by atoms with Crippen LogP contribution in [0.25, 0.3) is 0 Å². The van der Waals surface area contributed by atoms with Crippen LogP contribution >= 0.6 is 0 Å². The quantitative estimate of drug-likeness (QED) is 0.686. The smallest absolute Gasteiger partial charge is 0.212 e. The fourth-order valence-corrected chi connectivity index (χ4v) is 2.73. The van der Waals surface area contributed by atoms with Gasteiger partial charge in [-0.3, -0.25) is 0 Å². The van der Waals surface area contributed by atoms with E-state index in [0.29, 0.717) is 6.42 Å². The average molecular weight is 253 g/mol. The Morgan fingerprint density at radius 3 is 2.31 bits per heavy atom. The van der Waals surface area contributed by atoms with Crippen molar-refractivity contribution in [3.05, 3.63) is 0 Å². The zero-order chi connectivity index (χ0) is 12.8. The van der Waals surface area contributed by atoms with Gasteiger partial charge < -0.3 is 9.84 Å². The minimum absolute atomic E-state index is 0.0231. The maximum atomic E-state index is 11.6. The van der Waals surface area contributed by atoms with Crippen LogP contribution in [0.1, 0.15) is 27.2 Å². The molecular weight excluding hydrogens is 230 g/mol. The van der Waals surface area contributed by atoms with Crippen molar-refractivity contribution in [1.82, 2.24) is 4.72 Å². The molecule has 0 fully saturated rings. The molecule has 1 unspecified atom stereocenters. The van der Waals surface area contributed by atoms with Crippen molar-refractivity contribution in [3.63, 3.8) is 0 Å². The lowest BCUT2D eigenvalue weighted by Gasteiger charge is -2.20. The summed E-state index contributed by atoms with van der Waals surface area (Å²) < 4.78 is 30.5. The van der Waals surface area contributed by atoms with Crippen LogP contribution in [0, 0.1) is 5.41 Å². The second-order valence-electron chi connectivity index (χ2n) is 5.08. The van der Waals surface area contributed by atoms with Crippen molar-refractivity contribution >= 4 is 10.0 Å². The van der Waals surface area contributed by atoms with Crippen LogP contribution in [0.3, 0.4) is 0 Å². The molecule has 1 atom stereocenters. The van der Waals surface area contributed by atoms with Crippen molar-refractivity contribution in [3.8, 4) is 0 Å². The first-order valence-corrected chi connectivity index (χ1v) is 6.95. The molecule has 0 saturated heterocycles. The molecule has 0 aromatic heterocycles. The van der Waals surface area contributed by atoms with Crippen molar-refractivity contribution in [2.45, 2.75) is 33.2 Å². The zero-order valence-corrected chi connectivity index (χ0v) is 11.3. The Labute approximate surface area is 98.2 Å². The number of sulfonamides is 1. The van der Waals surface area contributed by atoms with E-state index in [1.54, 1.807) is 0 Å². The Kier molecular flexibility index (Phi) is 6.47. The Bertz CT molecular complexity index is 282. The second kappa shape index (κ2) is 6.54. The summed E-state index contributed by atoms with van der Waals surface area (Å²) in [5, 5.41) is 8.94. The first-order valence-electron chi connectivity index (χ1n) is 5.30. The van der Waals surface area contributed by atoms with E-state index in [4.69, 9.17) is 9.84 Å². The van der Waals surface area contributed by atoms with Gasteiger partial charge in [-0.05, 0) is 11.8 Å². The molecule has 98 valence electrons. The maximum absolute atomic E-state index is 11.6. The highest BCUT2D eigenvalue weighted by Crippen LogP contribution is 2.18. The topological polar surface area (TPSA) is 75.6 Å². The number of aliphatic hydroxyl groups is 1. The van der Waals surface area contributed by atoms with Crippen LogP contribution in [0.15, 0.2) is 0 Å². The fraction of sp³-hybridized carbons (Fsp3) is 1.00. The molecule has 0 saturated carbocycles. The molecule has 0 aliphatic rings. The number of rotatable bonds is 7. The molecule has 0 heterocycles. The van der Waals surface area contributed by atoms with Gasteiger partial charge in [0.2, 0.25) is 10.0 Å². The first-order chi connectivity index (χ1) is 7.20. The van der Waals surface area contributed by atoms with Crippen LogP contribution < -0.4 is 4.72 Å². The summed E-state index contributed by atoms with van der Waals surface area (Å²) in [4.78, 5) is 0. The maximum Gasteiger partial charge on any atom is 0.212 e. The summed E-state index contributed by atoms with van der Waals surface area (Å²) >= 11 is 0. The van der Waals surface area contributed by atoms with Crippen LogP contribution in [0.4, 0.5) is 0 Å². The Morgan fingerprint density at radius 2 is 1.94 bits per heavy atom. The highest BCUT2D eigenvalue weighted by Gasteiger charge is 2.20. The van der Waals surface area contributed by atoms with Crippen LogP contribution in [-0.2, 0) is 14.8 Å². The highest BCUT2D eigenvalue weighted by atomic mass is 32.2. The third-order valence-corrected chi connectivity index (χ3v) is 3.49. The molecule has 5 nitrogen and oxygen atoms in total. The van der Waals surface area contributed by atoms with Crippen LogP contribution in [0.5, 0.6) is 0 Å². The van der Waals surface area contributed by atoms with Gasteiger partial charge in [0, 0.05) is 7.11 Å². The molecule has 0 amide bonds. The van der Waals surface area contributed by atoms with Gasteiger partial charge >= 0.3 is 0 Å². The second-order valence-corrected chi connectivity index (χ2v) is 6.96. The van der Waals surface area contributed by atoms with Gasteiger partial charge in [0.25, 0.3) is 0 Å². The molecule has 0 rings (SSSR count). The molecule has 0 aromatic carbocycles. The molecule has 0 bridgehead atoms. The number of ether oxygens (including phenoxy) is 1. The standard InChI is InChI=1S/C10H23NO4S/c1-10(2,3)5-6-16(13,14)11-9(7-12)8-15-4/h9,11-12H,5-8H2,1-4H3. The van der Waals surface area contributed by atoms with E-state index in [1.165, 1.54) is 7.11 Å². The summed E-state index contributed by atoms with van der Waals surface area (Å²) in [6, 6.07) is -0.560. The number of methoxy groups -OCH3 is 1. The number of hydrogen-bond donors (Lipinski definition) is 2. The summed E-state index contributed by atoms with van der Waals surface area (Å²) in [5.41, 5.74) is -0.0231. The van der Waals surface area contributed by atoms with Crippen molar-refractivity contribution in [2.75, 3.05) is 26.1 Å². The molecule has 2 N–H and O–H groups in total. The van der Waals surface area contributed by atoms with Gasteiger partial charge in [-0.25, -0.2) is 13.1 Å². The van der Waals surface area contributed by atoms with Gasteiger partial charge in [-0.1, -0.05) is 20.8 Å². The van der Waals surface area contributed by atoms with E-state index in [1.807, 2.05) is 20.8 Å². The Hall–Kier alpha value is -0.170. The number of nitrogens with one attached hydrogen (secondary N) is 1. The highest BCUT2D eigenvalue weighted by molar-refractivity contribution is 7.89. The molecule has 16 heavy (non-hydrogen) atoms. The lowest BCUT2D eigenvalue weighted by Crippen LogP contribution is -2.42. The molecular formula is C10H23NO4S. The van der Waals surface area contributed by atoms with Gasteiger partial charge in [-0.15, -0.1) is 0 Å². The molecule has 0 radical (unpaired) electrons. The molecule has 0 aliphatic heterocycles. The molecule has 0 aliphatic carbocycles. The molecule has 0 aromatic rings. The van der Waals surface area contributed by atoms with E-state index >= 15 is 0 Å². The lowest BCUT2D eigenvalue weighted by atomic mass is 9.94. The largest absolute Gasteiger partial charge is 0.395 e. The zero-order valence-electron chi connectivity index (χ0n) is 10.5. The summed E-state index contributed by atoms with van der Waals surface area (Å²) in [6.07, 6.45) is 0.577. The number of aliphatic hydroxyl groups excluding tert-OH is 1. The van der Waals surface area contributed by atoms with Gasteiger partial charge in [0.05, 0.1) is 25.0 Å². The predicted octanol–water partition coefficient (Wildman–Crippen LogP) is 0.349.